The molecule has 1 aliphatic heterocycles. The molecule has 7 heteroatoms. The normalized spacial score (nSPS) is 22.5. The first-order valence-corrected chi connectivity index (χ1v) is 12.5. The van der Waals surface area contributed by atoms with Gasteiger partial charge in [-0.25, -0.2) is 0 Å². The third-order valence-electron chi connectivity index (χ3n) is 8.12. The maximum Gasteiger partial charge on any atom is 0.258 e. The quantitative estimate of drug-likeness (QED) is 0.568. The standard InChI is InChI=1S/C28H30N4O3/c1-18(2)34-24-7-6-19(14-20(24)15-29)26-30-25(31-35-26)22-4-3-5-23-21(22)8-9-27(23)12-13-32(16-27)28(17-33)10-11-28/h3-7,14,18,33H,8-13,16-17H2,1-2H3/t27-/m0/s1. The largest absolute Gasteiger partial charge is 0.490 e. The number of aliphatic hydroxyl groups excluding tert-OH is 1. The van der Waals surface area contributed by atoms with Crippen molar-refractivity contribution in [3.8, 4) is 34.7 Å². The van der Waals surface area contributed by atoms with Crippen LogP contribution < -0.4 is 4.74 Å². The van der Waals surface area contributed by atoms with Crippen molar-refractivity contribution in [3.05, 3.63) is 53.1 Å². The summed E-state index contributed by atoms with van der Waals surface area (Å²) in [6.45, 7) is 6.19. The number of ether oxygens (including phenoxy) is 1. The smallest absolute Gasteiger partial charge is 0.258 e. The Hall–Kier alpha value is -3.21. The molecule has 2 aromatic carbocycles. The average molecular weight is 471 g/mol. The van der Waals surface area contributed by atoms with Gasteiger partial charge in [0.05, 0.1) is 18.3 Å². The molecule has 0 amide bonds. The molecule has 2 aliphatic carbocycles. The molecule has 3 aliphatic rings. The Bertz CT molecular complexity index is 1320. The second-order valence-electron chi connectivity index (χ2n) is 10.6. The molecule has 1 spiro atoms. The molecule has 1 saturated carbocycles. The third kappa shape index (κ3) is 3.64. The van der Waals surface area contributed by atoms with Crippen molar-refractivity contribution in [2.24, 2.45) is 0 Å². The number of likely N-dealkylation sites (tertiary alicyclic amines) is 1. The first-order chi connectivity index (χ1) is 17.0. The number of benzene rings is 2. The Balaban J connectivity index is 1.30. The summed E-state index contributed by atoms with van der Waals surface area (Å²) in [5.74, 6) is 1.53. The molecular formula is C28H30N4O3. The molecule has 7 nitrogen and oxygen atoms in total. The van der Waals surface area contributed by atoms with Gasteiger partial charge in [0.1, 0.15) is 11.8 Å². The van der Waals surface area contributed by atoms with Crippen molar-refractivity contribution in [1.29, 1.82) is 5.26 Å². The highest BCUT2D eigenvalue weighted by Gasteiger charge is 2.54. The highest BCUT2D eigenvalue weighted by atomic mass is 16.5. The van der Waals surface area contributed by atoms with Gasteiger partial charge in [-0.3, -0.25) is 4.90 Å². The summed E-state index contributed by atoms with van der Waals surface area (Å²) < 4.78 is 11.4. The van der Waals surface area contributed by atoms with Gasteiger partial charge in [0.25, 0.3) is 5.89 Å². The van der Waals surface area contributed by atoms with Crippen LogP contribution in [0.15, 0.2) is 40.9 Å². The fourth-order valence-electron chi connectivity index (χ4n) is 6.04. The van der Waals surface area contributed by atoms with E-state index in [1.807, 2.05) is 19.9 Å². The highest BCUT2D eigenvalue weighted by molar-refractivity contribution is 5.68. The molecule has 6 rings (SSSR count). The van der Waals surface area contributed by atoms with Gasteiger partial charge >= 0.3 is 0 Å². The first kappa shape index (κ1) is 22.3. The van der Waals surface area contributed by atoms with Gasteiger partial charge in [-0.05, 0) is 81.8 Å². The highest BCUT2D eigenvalue weighted by Crippen LogP contribution is 2.52. The summed E-state index contributed by atoms with van der Waals surface area (Å²) in [7, 11) is 0. The van der Waals surface area contributed by atoms with Gasteiger partial charge in [-0.2, -0.15) is 10.2 Å². The predicted molar refractivity (Wildman–Crippen MR) is 131 cm³/mol. The molecular weight excluding hydrogens is 440 g/mol. The minimum atomic E-state index is -0.0168. The molecule has 1 aromatic heterocycles. The molecule has 1 saturated heterocycles. The van der Waals surface area contributed by atoms with Crippen molar-refractivity contribution in [2.45, 2.75) is 63.0 Å². The number of fused-ring (bicyclic) bond motifs is 2. The van der Waals surface area contributed by atoms with E-state index in [1.165, 1.54) is 11.1 Å². The maximum absolute atomic E-state index is 9.93. The molecule has 0 unspecified atom stereocenters. The summed E-state index contributed by atoms with van der Waals surface area (Å²) in [4.78, 5) is 7.24. The first-order valence-electron chi connectivity index (χ1n) is 12.5. The van der Waals surface area contributed by atoms with Gasteiger partial charge in [-0.1, -0.05) is 23.4 Å². The third-order valence-corrected chi connectivity index (χ3v) is 8.12. The SMILES string of the molecule is CC(C)Oc1ccc(-c2nc(-c3cccc4c3CC[C@@]43CCN(C4(CO)CC4)C3)no2)cc1C#N. The number of hydrogen-bond donors (Lipinski definition) is 1. The molecule has 35 heavy (non-hydrogen) atoms. The Morgan fingerprint density at radius 3 is 2.80 bits per heavy atom. The van der Waals surface area contributed by atoms with Gasteiger partial charge in [0, 0.05) is 28.6 Å². The molecule has 2 fully saturated rings. The minimum absolute atomic E-state index is 0.0168. The summed E-state index contributed by atoms with van der Waals surface area (Å²) in [6, 6.07) is 14.0. The summed E-state index contributed by atoms with van der Waals surface area (Å²) >= 11 is 0. The van der Waals surface area contributed by atoms with Gasteiger partial charge in [0.15, 0.2) is 0 Å². The number of aliphatic hydroxyl groups is 1. The minimum Gasteiger partial charge on any atom is -0.490 e. The lowest BCUT2D eigenvalue weighted by atomic mass is 9.80. The van der Waals surface area contributed by atoms with Crippen molar-refractivity contribution in [2.75, 3.05) is 19.7 Å². The number of hydrogen-bond acceptors (Lipinski definition) is 7. The second-order valence-corrected chi connectivity index (χ2v) is 10.6. The Labute approximate surface area is 205 Å². The number of nitrogens with zero attached hydrogens (tertiary/aromatic N) is 4. The van der Waals surface area contributed by atoms with E-state index in [4.69, 9.17) is 14.2 Å². The van der Waals surface area contributed by atoms with Crippen LogP contribution in [0.4, 0.5) is 0 Å². The van der Waals surface area contributed by atoms with Crippen LogP contribution in [0.3, 0.4) is 0 Å². The van der Waals surface area contributed by atoms with Crippen LogP contribution >= 0.6 is 0 Å². The second kappa shape index (κ2) is 8.18. The lowest BCUT2D eigenvalue weighted by molar-refractivity contribution is 0.122. The van der Waals surface area contributed by atoms with E-state index in [1.54, 1.807) is 12.1 Å². The fraction of sp³-hybridized carbons (Fsp3) is 0.464. The number of nitriles is 1. The number of rotatable bonds is 6. The van der Waals surface area contributed by atoms with Crippen molar-refractivity contribution in [1.82, 2.24) is 15.0 Å². The molecule has 2 heterocycles. The van der Waals surface area contributed by atoms with Crippen molar-refractivity contribution in [3.63, 3.8) is 0 Å². The van der Waals surface area contributed by atoms with E-state index in [2.05, 4.69) is 34.3 Å². The van der Waals surface area contributed by atoms with Crippen LogP contribution in [0.2, 0.25) is 0 Å². The van der Waals surface area contributed by atoms with Crippen LogP contribution in [0.5, 0.6) is 5.75 Å². The zero-order valence-corrected chi connectivity index (χ0v) is 20.3. The van der Waals surface area contributed by atoms with Gasteiger partial charge in [-0.15, -0.1) is 0 Å². The zero-order valence-electron chi connectivity index (χ0n) is 20.3. The fourth-order valence-corrected chi connectivity index (χ4v) is 6.04. The summed E-state index contributed by atoms with van der Waals surface area (Å²) in [5, 5.41) is 23.8. The van der Waals surface area contributed by atoms with Crippen molar-refractivity contribution >= 4 is 0 Å². The van der Waals surface area contributed by atoms with Crippen LogP contribution in [-0.4, -0.2) is 51.5 Å². The maximum atomic E-state index is 9.93. The van der Waals surface area contributed by atoms with Crippen LogP contribution in [0.1, 0.15) is 56.2 Å². The van der Waals surface area contributed by atoms with Crippen LogP contribution in [-0.2, 0) is 11.8 Å². The number of aromatic nitrogens is 2. The van der Waals surface area contributed by atoms with E-state index < -0.39 is 0 Å². The summed E-state index contributed by atoms with van der Waals surface area (Å²) in [5.41, 5.74) is 5.07. The van der Waals surface area contributed by atoms with Crippen LogP contribution in [0, 0.1) is 11.3 Å². The predicted octanol–water partition coefficient (Wildman–Crippen LogP) is 4.48. The topological polar surface area (TPSA) is 95.4 Å². The van der Waals surface area contributed by atoms with Gasteiger partial charge < -0.3 is 14.4 Å². The molecule has 0 bridgehead atoms. The molecule has 3 aromatic rings. The lowest BCUT2D eigenvalue weighted by Gasteiger charge is -2.30. The Kier molecular flexibility index (Phi) is 5.21. The molecule has 180 valence electrons. The van der Waals surface area contributed by atoms with Gasteiger partial charge in [0.2, 0.25) is 5.82 Å². The lowest BCUT2D eigenvalue weighted by Crippen LogP contribution is -2.40. The Morgan fingerprint density at radius 1 is 1.20 bits per heavy atom. The van der Waals surface area contributed by atoms with E-state index in [9.17, 15) is 10.4 Å². The van der Waals surface area contributed by atoms with E-state index in [-0.39, 0.29) is 23.7 Å². The monoisotopic (exact) mass is 470 g/mol. The molecule has 1 atom stereocenters. The van der Waals surface area contributed by atoms with Crippen LogP contribution in [0.25, 0.3) is 22.8 Å². The van der Waals surface area contributed by atoms with E-state index in [0.29, 0.717) is 28.6 Å². The van der Waals surface area contributed by atoms with Crippen molar-refractivity contribution < 1.29 is 14.4 Å². The zero-order chi connectivity index (χ0) is 24.2. The average Bonchev–Trinajstić information content (AvgIpc) is 3.20. The Morgan fingerprint density at radius 2 is 2.06 bits per heavy atom. The summed E-state index contributed by atoms with van der Waals surface area (Å²) in [6.07, 6.45) is 5.44. The molecule has 1 N–H and O–H groups in total. The van der Waals surface area contributed by atoms with E-state index >= 15 is 0 Å². The van der Waals surface area contributed by atoms with E-state index in [0.717, 1.165) is 50.8 Å². The molecule has 0 radical (unpaired) electrons.